The molecular weight excluding hydrogens is 314 g/mol. The van der Waals surface area contributed by atoms with Gasteiger partial charge in [-0.2, -0.15) is 0 Å². The van der Waals surface area contributed by atoms with E-state index in [-0.39, 0.29) is 0 Å². The summed E-state index contributed by atoms with van der Waals surface area (Å²) >= 11 is 0. The van der Waals surface area contributed by atoms with Crippen LogP contribution in [0.1, 0.15) is 38.7 Å². The Morgan fingerprint density at radius 2 is 2.16 bits per heavy atom. The zero-order valence-corrected chi connectivity index (χ0v) is 16.1. The van der Waals surface area contributed by atoms with Crippen molar-refractivity contribution in [2.45, 2.75) is 33.1 Å². The van der Waals surface area contributed by atoms with Gasteiger partial charge in [-0.1, -0.05) is 32.0 Å². The van der Waals surface area contributed by atoms with E-state index in [0.29, 0.717) is 25.0 Å². The van der Waals surface area contributed by atoms with E-state index in [1.807, 2.05) is 12.1 Å². The van der Waals surface area contributed by atoms with Crippen LogP contribution in [0.4, 0.5) is 0 Å². The molecule has 0 aromatic heterocycles. The van der Waals surface area contributed by atoms with Crippen LogP contribution in [0.25, 0.3) is 0 Å². The summed E-state index contributed by atoms with van der Waals surface area (Å²) in [6.45, 7) is 11.5. The van der Waals surface area contributed by atoms with Crippen molar-refractivity contribution in [2.75, 3.05) is 46.5 Å². The quantitative estimate of drug-likeness (QED) is 0.446. The van der Waals surface area contributed by atoms with Crippen molar-refractivity contribution in [3.8, 4) is 5.75 Å². The van der Waals surface area contributed by atoms with Gasteiger partial charge in [-0.05, 0) is 30.9 Å². The summed E-state index contributed by atoms with van der Waals surface area (Å²) in [4.78, 5) is 7.07. The highest BCUT2D eigenvalue weighted by molar-refractivity contribution is 5.80. The molecule has 1 fully saturated rings. The first kappa shape index (κ1) is 19.6. The SMILES string of the molecule is CCNC(=NCCOc1ccccc1C(C)C)N1CCC(COC)C1. The van der Waals surface area contributed by atoms with E-state index in [1.165, 1.54) is 5.56 Å². The highest BCUT2D eigenvalue weighted by Crippen LogP contribution is 2.25. The van der Waals surface area contributed by atoms with Gasteiger partial charge in [0.15, 0.2) is 5.96 Å². The molecule has 5 heteroatoms. The Labute approximate surface area is 152 Å². The molecule has 0 spiro atoms. The molecule has 5 nitrogen and oxygen atoms in total. The van der Waals surface area contributed by atoms with Crippen LogP contribution >= 0.6 is 0 Å². The fourth-order valence-corrected chi connectivity index (χ4v) is 3.22. The van der Waals surface area contributed by atoms with Gasteiger partial charge in [-0.3, -0.25) is 0 Å². The molecule has 0 radical (unpaired) electrons. The van der Waals surface area contributed by atoms with Crippen molar-refractivity contribution >= 4 is 5.96 Å². The van der Waals surface area contributed by atoms with Crippen molar-refractivity contribution in [1.82, 2.24) is 10.2 Å². The molecule has 1 aliphatic rings. The molecule has 0 amide bonds. The molecule has 0 aliphatic carbocycles. The summed E-state index contributed by atoms with van der Waals surface area (Å²) in [5.41, 5.74) is 1.25. The molecular formula is C20H33N3O2. The summed E-state index contributed by atoms with van der Waals surface area (Å²) in [5, 5.41) is 3.40. The topological polar surface area (TPSA) is 46.1 Å². The molecule has 1 aromatic rings. The normalized spacial score (nSPS) is 18.0. The van der Waals surface area contributed by atoms with E-state index < -0.39 is 0 Å². The minimum atomic E-state index is 0.458. The standard InChI is InChI=1S/C20H33N3O2/c1-5-21-20(23-12-10-17(14-23)15-24-4)22-11-13-25-19-9-7-6-8-18(19)16(2)3/h6-9,16-17H,5,10-15H2,1-4H3,(H,21,22). The first-order valence-corrected chi connectivity index (χ1v) is 9.39. The second-order valence-corrected chi connectivity index (χ2v) is 6.83. The van der Waals surface area contributed by atoms with Gasteiger partial charge in [0.05, 0.1) is 13.2 Å². The van der Waals surface area contributed by atoms with Crippen molar-refractivity contribution in [2.24, 2.45) is 10.9 Å². The maximum Gasteiger partial charge on any atom is 0.194 e. The third-order valence-corrected chi connectivity index (χ3v) is 4.47. The minimum absolute atomic E-state index is 0.458. The predicted octanol–water partition coefficient (Wildman–Crippen LogP) is 3.12. The molecule has 0 saturated carbocycles. The van der Waals surface area contributed by atoms with Crippen LogP contribution in [0, 0.1) is 5.92 Å². The van der Waals surface area contributed by atoms with Crippen LogP contribution in [-0.4, -0.2) is 57.4 Å². The number of likely N-dealkylation sites (tertiary alicyclic amines) is 1. The molecule has 1 aliphatic heterocycles. The van der Waals surface area contributed by atoms with E-state index in [2.05, 4.69) is 43.1 Å². The van der Waals surface area contributed by atoms with Crippen molar-refractivity contribution in [1.29, 1.82) is 0 Å². The fourth-order valence-electron chi connectivity index (χ4n) is 3.22. The van der Waals surface area contributed by atoms with Crippen molar-refractivity contribution in [3.05, 3.63) is 29.8 Å². The molecule has 0 bridgehead atoms. The largest absolute Gasteiger partial charge is 0.491 e. The number of hydrogen-bond acceptors (Lipinski definition) is 3. The summed E-state index contributed by atoms with van der Waals surface area (Å²) in [6.07, 6.45) is 1.16. The number of methoxy groups -OCH3 is 1. The Morgan fingerprint density at radius 1 is 1.36 bits per heavy atom. The van der Waals surface area contributed by atoms with Gasteiger partial charge in [-0.15, -0.1) is 0 Å². The van der Waals surface area contributed by atoms with Crippen LogP contribution in [0.3, 0.4) is 0 Å². The maximum atomic E-state index is 5.98. The molecule has 2 rings (SSSR count). The Morgan fingerprint density at radius 3 is 2.88 bits per heavy atom. The summed E-state index contributed by atoms with van der Waals surface area (Å²) in [6, 6.07) is 8.26. The second-order valence-electron chi connectivity index (χ2n) is 6.83. The maximum absolute atomic E-state index is 5.98. The van der Waals surface area contributed by atoms with Gasteiger partial charge in [0.1, 0.15) is 12.4 Å². The molecule has 1 atom stereocenters. The van der Waals surface area contributed by atoms with E-state index in [0.717, 1.165) is 44.4 Å². The first-order chi connectivity index (χ1) is 12.2. The second kappa shape index (κ2) is 10.3. The van der Waals surface area contributed by atoms with Crippen molar-refractivity contribution in [3.63, 3.8) is 0 Å². The average molecular weight is 348 g/mol. The number of guanidine groups is 1. The Balaban J connectivity index is 1.88. The van der Waals surface area contributed by atoms with Crippen LogP contribution in [-0.2, 0) is 4.74 Å². The molecule has 1 N–H and O–H groups in total. The van der Waals surface area contributed by atoms with E-state index >= 15 is 0 Å². The Kier molecular flexibility index (Phi) is 8.06. The summed E-state index contributed by atoms with van der Waals surface area (Å²) in [7, 11) is 1.77. The zero-order chi connectivity index (χ0) is 18.1. The number of aliphatic imine (C=N–C) groups is 1. The van der Waals surface area contributed by atoms with Gasteiger partial charge in [0.25, 0.3) is 0 Å². The number of para-hydroxylation sites is 1. The summed E-state index contributed by atoms with van der Waals surface area (Å²) < 4.78 is 11.3. The minimum Gasteiger partial charge on any atom is -0.491 e. The molecule has 1 unspecified atom stereocenters. The number of nitrogens with one attached hydrogen (secondary N) is 1. The summed E-state index contributed by atoms with van der Waals surface area (Å²) in [5.74, 6) is 3.02. The lowest BCUT2D eigenvalue weighted by molar-refractivity contribution is 0.157. The number of nitrogens with zero attached hydrogens (tertiary/aromatic N) is 2. The third-order valence-electron chi connectivity index (χ3n) is 4.47. The Hall–Kier alpha value is -1.75. The highest BCUT2D eigenvalue weighted by Gasteiger charge is 2.24. The van der Waals surface area contributed by atoms with E-state index in [4.69, 9.17) is 14.5 Å². The molecule has 25 heavy (non-hydrogen) atoms. The van der Waals surface area contributed by atoms with Gasteiger partial charge >= 0.3 is 0 Å². The van der Waals surface area contributed by atoms with E-state index in [9.17, 15) is 0 Å². The zero-order valence-electron chi connectivity index (χ0n) is 16.1. The highest BCUT2D eigenvalue weighted by atomic mass is 16.5. The lowest BCUT2D eigenvalue weighted by Crippen LogP contribution is -2.40. The van der Waals surface area contributed by atoms with Crippen LogP contribution in [0.2, 0.25) is 0 Å². The lowest BCUT2D eigenvalue weighted by Gasteiger charge is -2.21. The van der Waals surface area contributed by atoms with Crippen molar-refractivity contribution < 1.29 is 9.47 Å². The van der Waals surface area contributed by atoms with Gasteiger partial charge in [0, 0.05) is 32.7 Å². The number of ether oxygens (including phenoxy) is 2. The number of hydrogen-bond donors (Lipinski definition) is 1. The van der Waals surface area contributed by atoms with Crippen LogP contribution in [0.15, 0.2) is 29.3 Å². The smallest absolute Gasteiger partial charge is 0.194 e. The monoisotopic (exact) mass is 347 g/mol. The van der Waals surface area contributed by atoms with Gasteiger partial charge in [0.2, 0.25) is 0 Å². The number of rotatable bonds is 8. The third kappa shape index (κ3) is 5.92. The molecule has 1 heterocycles. The molecule has 1 aromatic carbocycles. The van der Waals surface area contributed by atoms with Crippen LogP contribution < -0.4 is 10.1 Å². The van der Waals surface area contributed by atoms with E-state index in [1.54, 1.807) is 7.11 Å². The predicted molar refractivity (Wildman–Crippen MR) is 104 cm³/mol. The Bertz CT molecular complexity index is 545. The van der Waals surface area contributed by atoms with Crippen LogP contribution in [0.5, 0.6) is 5.75 Å². The fraction of sp³-hybridized carbons (Fsp3) is 0.650. The van der Waals surface area contributed by atoms with Gasteiger partial charge < -0.3 is 19.7 Å². The first-order valence-electron chi connectivity index (χ1n) is 9.39. The molecule has 1 saturated heterocycles. The average Bonchev–Trinajstić information content (AvgIpc) is 3.06. The lowest BCUT2D eigenvalue weighted by atomic mass is 10.0. The number of benzene rings is 1. The molecule has 140 valence electrons. The van der Waals surface area contributed by atoms with Gasteiger partial charge in [-0.25, -0.2) is 4.99 Å².